The Morgan fingerprint density at radius 2 is 2.20 bits per heavy atom. The largest absolute Gasteiger partial charge is 0.496 e. The van der Waals surface area contributed by atoms with Crippen LogP contribution in [-0.4, -0.2) is 55.5 Å². The number of hydrazone groups is 1. The molecule has 25 heavy (non-hydrogen) atoms. The van der Waals surface area contributed by atoms with Gasteiger partial charge in [0.05, 0.1) is 19.4 Å². The first-order chi connectivity index (χ1) is 12.0. The van der Waals surface area contributed by atoms with Crippen molar-refractivity contribution in [3.8, 4) is 5.75 Å². The predicted molar refractivity (Wildman–Crippen MR) is 87.7 cm³/mol. The molecule has 1 aromatic carbocycles. The molecule has 0 aromatic heterocycles. The van der Waals surface area contributed by atoms with Crippen molar-refractivity contribution in [1.82, 2.24) is 10.7 Å². The third-order valence-corrected chi connectivity index (χ3v) is 3.55. The summed E-state index contributed by atoms with van der Waals surface area (Å²) in [6.07, 6.45) is 2.96. The Kier molecular flexibility index (Phi) is 6.47. The van der Waals surface area contributed by atoms with Gasteiger partial charge in [-0.05, 0) is 36.6 Å². The molecule has 1 aliphatic heterocycles. The van der Waals surface area contributed by atoms with E-state index in [1.54, 1.807) is 6.07 Å². The number of carbonyl (C=O) groups excluding carboxylic acids is 2. The van der Waals surface area contributed by atoms with Gasteiger partial charge in [-0.3, -0.25) is 9.59 Å². The van der Waals surface area contributed by atoms with Crippen molar-refractivity contribution >= 4 is 24.0 Å². The molecular weight excluding hydrogens is 330 g/mol. The molecule has 1 saturated heterocycles. The quantitative estimate of drug-likeness (QED) is 0.381. The molecule has 0 aliphatic carbocycles. The second-order valence-electron chi connectivity index (χ2n) is 5.31. The van der Waals surface area contributed by atoms with E-state index in [4.69, 9.17) is 14.6 Å². The number of nitrogens with zero attached hydrogens (tertiary/aromatic N) is 1. The van der Waals surface area contributed by atoms with Gasteiger partial charge in [-0.15, -0.1) is 0 Å². The lowest BCUT2D eigenvalue weighted by molar-refractivity contribution is -0.139. The zero-order valence-electron chi connectivity index (χ0n) is 13.7. The van der Waals surface area contributed by atoms with Crippen molar-refractivity contribution in [2.45, 2.75) is 18.9 Å². The number of carboxylic acids is 1. The summed E-state index contributed by atoms with van der Waals surface area (Å²) in [5.41, 5.74) is 2.48. The molecule has 9 nitrogen and oxygen atoms in total. The van der Waals surface area contributed by atoms with Gasteiger partial charge in [0.25, 0.3) is 0 Å². The summed E-state index contributed by atoms with van der Waals surface area (Å²) in [6, 6.07) is 4.38. The number of carbonyl (C=O) groups is 3. The Morgan fingerprint density at radius 1 is 1.40 bits per heavy atom. The maximum Gasteiger partial charge on any atom is 0.339 e. The van der Waals surface area contributed by atoms with Crippen LogP contribution in [0.3, 0.4) is 0 Å². The summed E-state index contributed by atoms with van der Waals surface area (Å²) in [4.78, 5) is 34.4. The van der Waals surface area contributed by atoms with E-state index >= 15 is 0 Å². The van der Waals surface area contributed by atoms with Crippen LogP contribution in [0.25, 0.3) is 0 Å². The van der Waals surface area contributed by atoms with E-state index in [2.05, 4.69) is 15.8 Å². The van der Waals surface area contributed by atoms with Crippen molar-refractivity contribution in [1.29, 1.82) is 0 Å². The lowest BCUT2D eigenvalue weighted by atomic mass is 10.1. The Hall–Kier alpha value is -2.94. The van der Waals surface area contributed by atoms with E-state index in [-0.39, 0.29) is 24.0 Å². The second-order valence-corrected chi connectivity index (χ2v) is 5.31. The van der Waals surface area contributed by atoms with Crippen LogP contribution in [0.4, 0.5) is 0 Å². The van der Waals surface area contributed by atoms with Gasteiger partial charge >= 0.3 is 17.8 Å². The predicted octanol–water partition coefficient (Wildman–Crippen LogP) is 0.139. The molecule has 1 aromatic rings. The molecule has 134 valence electrons. The van der Waals surface area contributed by atoms with Gasteiger partial charge in [0, 0.05) is 13.2 Å². The van der Waals surface area contributed by atoms with Crippen LogP contribution in [0.2, 0.25) is 0 Å². The van der Waals surface area contributed by atoms with E-state index in [1.807, 2.05) is 0 Å². The SMILES string of the molecule is COc1ccc(/C=N\NC(=O)C(=O)NC[C@H]2CCCO2)cc1C(=O)O. The van der Waals surface area contributed by atoms with Gasteiger partial charge < -0.3 is 19.9 Å². The normalized spacial score (nSPS) is 16.6. The molecule has 2 rings (SSSR count). The number of carboxylic acid groups (broad SMARTS) is 1. The summed E-state index contributed by atoms with van der Waals surface area (Å²) in [7, 11) is 1.37. The topological polar surface area (TPSA) is 126 Å². The average molecular weight is 349 g/mol. The first-order valence-corrected chi connectivity index (χ1v) is 7.65. The number of nitrogens with one attached hydrogen (secondary N) is 2. The fraction of sp³-hybridized carbons (Fsp3) is 0.375. The van der Waals surface area contributed by atoms with Gasteiger partial charge in [0.2, 0.25) is 0 Å². The highest BCUT2D eigenvalue weighted by Gasteiger charge is 2.19. The molecule has 0 unspecified atom stereocenters. The van der Waals surface area contributed by atoms with Crippen LogP contribution in [0.1, 0.15) is 28.8 Å². The van der Waals surface area contributed by atoms with Crippen LogP contribution in [-0.2, 0) is 14.3 Å². The minimum absolute atomic E-state index is 0.0351. The summed E-state index contributed by atoms with van der Waals surface area (Å²) >= 11 is 0. The van der Waals surface area contributed by atoms with Crippen molar-refractivity contribution in [2.24, 2.45) is 5.10 Å². The highest BCUT2D eigenvalue weighted by molar-refractivity contribution is 6.35. The fourth-order valence-electron chi connectivity index (χ4n) is 2.28. The van der Waals surface area contributed by atoms with Crippen LogP contribution >= 0.6 is 0 Å². The lowest BCUT2D eigenvalue weighted by Gasteiger charge is -2.09. The van der Waals surface area contributed by atoms with Gasteiger partial charge in [-0.2, -0.15) is 5.10 Å². The van der Waals surface area contributed by atoms with E-state index in [9.17, 15) is 14.4 Å². The number of hydrogen-bond acceptors (Lipinski definition) is 6. The van der Waals surface area contributed by atoms with E-state index in [1.165, 1.54) is 25.5 Å². The van der Waals surface area contributed by atoms with Crippen LogP contribution < -0.4 is 15.5 Å². The molecule has 1 aliphatic rings. The minimum atomic E-state index is -1.15. The Labute approximate surface area is 144 Å². The minimum Gasteiger partial charge on any atom is -0.496 e. The van der Waals surface area contributed by atoms with E-state index in [0.717, 1.165) is 12.8 Å². The molecule has 0 saturated carbocycles. The lowest BCUT2D eigenvalue weighted by Crippen LogP contribution is -2.41. The summed E-state index contributed by atoms with van der Waals surface area (Å²) in [5, 5.41) is 15.2. The second kappa shape index (κ2) is 8.78. The first-order valence-electron chi connectivity index (χ1n) is 7.65. The Morgan fingerprint density at radius 3 is 2.84 bits per heavy atom. The molecule has 1 heterocycles. The smallest absolute Gasteiger partial charge is 0.339 e. The van der Waals surface area contributed by atoms with Crippen LogP contribution in [0.15, 0.2) is 23.3 Å². The molecular formula is C16H19N3O6. The number of benzene rings is 1. The number of hydrogen-bond donors (Lipinski definition) is 3. The molecule has 3 N–H and O–H groups in total. The number of amides is 2. The van der Waals surface area contributed by atoms with E-state index < -0.39 is 17.8 Å². The first kappa shape index (κ1) is 18.4. The fourth-order valence-corrected chi connectivity index (χ4v) is 2.28. The van der Waals surface area contributed by atoms with Gasteiger partial charge in [-0.1, -0.05) is 0 Å². The highest BCUT2D eigenvalue weighted by Crippen LogP contribution is 2.19. The summed E-state index contributed by atoms with van der Waals surface area (Å²) in [6.45, 7) is 0.938. The maximum absolute atomic E-state index is 11.6. The van der Waals surface area contributed by atoms with Crippen LogP contribution in [0, 0.1) is 0 Å². The molecule has 0 bridgehead atoms. The molecule has 0 radical (unpaired) electrons. The third kappa shape index (κ3) is 5.28. The van der Waals surface area contributed by atoms with Gasteiger partial charge in [0.1, 0.15) is 11.3 Å². The number of methoxy groups -OCH3 is 1. The van der Waals surface area contributed by atoms with Crippen molar-refractivity contribution in [3.63, 3.8) is 0 Å². The molecule has 0 spiro atoms. The maximum atomic E-state index is 11.6. The molecule has 1 fully saturated rings. The molecule has 2 amide bonds. The zero-order valence-corrected chi connectivity index (χ0v) is 13.7. The highest BCUT2D eigenvalue weighted by atomic mass is 16.5. The van der Waals surface area contributed by atoms with Crippen molar-refractivity contribution in [2.75, 3.05) is 20.3 Å². The third-order valence-electron chi connectivity index (χ3n) is 3.55. The molecule has 9 heteroatoms. The summed E-state index contributed by atoms with van der Waals surface area (Å²) < 4.78 is 10.3. The standard InChI is InChI=1S/C16H19N3O6/c1-24-13-5-4-10(7-12(13)16(22)23)8-18-19-15(21)14(20)17-9-11-3-2-6-25-11/h4-5,7-8,11H,2-3,6,9H2,1H3,(H,17,20)(H,19,21)(H,22,23)/b18-8-/t11-/m1/s1. The van der Waals surface area contributed by atoms with Crippen molar-refractivity contribution in [3.05, 3.63) is 29.3 Å². The number of aromatic carboxylic acids is 1. The Balaban J connectivity index is 1.86. The van der Waals surface area contributed by atoms with Gasteiger partial charge in [0.15, 0.2) is 0 Å². The van der Waals surface area contributed by atoms with Crippen LogP contribution in [0.5, 0.6) is 5.75 Å². The average Bonchev–Trinajstić information content (AvgIpc) is 3.12. The Bertz CT molecular complexity index is 682. The van der Waals surface area contributed by atoms with Crippen molar-refractivity contribution < 1.29 is 29.0 Å². The van der Waals surface area contributed by atoms with E-state index in [0.29, 0.717) is 12.2 Å². The zero-order chi connectivity index (χ0) is 18.2. The number of ether oxygens (including phenoxy) is 2. The molecule has 1 atom stereocenters. The van der Waals surface area contributed by atoms with Gasteiger partial charge in [-0.25, -0.2) is 10.2 Å². The summed E-state index contributed by atoms with van der Waals surface area (Å²) in [5.74, 6) is -2.67. The monoisotopic (exact) mass is 349 g/mol. The number of rotatable bonds is 6.